The predicted octanol–water partition coefficient (Wildman–Crippen LogP) is 0.880. The number of halogens is 1. The topological polar surface area (TPSA) is 109 Å². The highest BCUT2D eigenvalue weighted by Crippen LogP contribution is 2.25. The predicted molar refractivity (Wildman–Crippen MR) is 100 cm³/mol. The maximum atomic E-state index is 14.9. The number of esters is 1. The number of ether oxygens (including phenoxy) is 2. The minimum atomic E-state index is -0.666. The van der Waals surface area contributed by atoms with E-state index in [0.29, 0.717) is 45.1 Å². The Labute approximate surface area is 162 Å². The van der Waals surface area contributed by atoms with Crippen LogP contribution in [0.15, 0.2) is 18.2 Å². The number of nitrogens with one attached hydrogen (secondary N) is 1. The van der Waals surface area contributed by atoms with E-state index in [1.54, 1.807) is 18.2 Å². The van der Waals surface area contributed by atoms with Gasteiger partial charge in [-0.25, -0.2) is 4.39 Å². The lowest BCUT2D eigenvalue weighted by atomic mass is 10.1. The molecule has 28 heavy (non-hydrogen) atoms. The quantitative estimate of drug-likeness (QED) is 0.423. The number of carbonyl (C=O) groups excluding carboxylic acids is 2. The molecule has 0 saturated carbocycles. The van der Waals surface area contributed by atoms with Gasteiger partial charge < -0.3 is 25.0 Å². The van der Waals surface area contributed by atoms with Gasteiger partial charge in [0.25, 0.3) is 0 Å². The number of amides is 1. The first-order valence-corrected chi connectivity index (χ1v) is 9.33. The third kappa shape index (κ3) is 4.78. The lowest BCUT2D eigenvalue weighted by Gasteiger charge is -2.37. The highest BCUT2D eigenvalue weighted by Gasteiger charge is 2.30. The molecule has 0 bridgehead atoms. The fraction of sp³-hybridized carbons (Fsp3) is 0.526. The number of benzene rings is 1. The smallest absolute Gasteiger partial charge is 0.313 e. The molecule has 0 radical (unpaired) electrons. The number of anilines is 1. The summed E-state index contributed by atoms with van der Waals surface area (Å²) in [6, 6.07) is 4.94. The van der Waals surface area contributed by atoms with E-state index in [4.69, 9.17) is 20.6 Å². The minimum absolute atomic E-state index is 0.0590. The number of rotatable bonds is 6. The van der Waals surface area contributed by atoms with Gasteiger partial charge in [-0.1, -0.05) is 12.1 Å². The molecule has 152 valence electrons. The molecule has 0 aromatic heterocycles. The van der Waals surface area contributed by atoms with Crippen LogP contribution >= 0.6 is 0 Å². The van der Waals surface area contributed by atoms with Crippen molar-refractivity contribution in [3.05, 3.63) is 29.6 Å². The molecule has 2 aliphatic heterocycles. The van der Waals surface area contributed by atoms with Gasteiger partial charge in [-0.15, -0.1) is 0 Å². The van der Waals surface area contributed by atoms with E-state index in [1.807, 2.05) is 9.80 Å². The molecule has 3 rings (SSSR count). The zero-order valence-corrected chi connectivity index (χ0v) is 15.7. The standard InChI is InChI=1S/C19H25FN4O4/c20-18-13(12-28-17(25)10-16(21)22)2-1-3-15(18)23-5-7-24(8-6-23)19(26)14-4-9-27-11-14/h1-3,14H,4-12H2,(H3,21,22). The molecule has 1 amide bonds. The molecular formula is C19H25FN4O4. The lowest BCUT2D eigenvalue weighted by molar-refractivity contribution is -0.143. The summed E-state index contributed by atoms with van der Waals surface area (Å²) < 4.78 is 25.1. The van der Waals surface area contributed by atoms with Crippen molar-refractivity contribution in [3.63, 3.8) is 0 Å². The number of carbonyl (C=O) groups is 2. The van der Waals surface area contributed by atoms with Crippen LogP contribution < -0.4 is 10.6 Å². The Hall–Kier alpha value is -2.68. The van der Waals surface area contributed by atoms with E-state index in [9.17, 15) is 14.0 Å². The molecule has 1 atom stereocenters. The third-order valence-electron chi connectivity index (χ3n) is 4.99. The Kier molecular flexibility index (Phi) is 6.45. The van der Waals surface area contributed by atoms with Crippen LogP contribution in [0, 0.1) is 17.1 Å². The zero-order chi connectivity index (χ0) is 20.1. The Morgan fingerprint density at radius 1 is 1.29 bits per heavy atom. The van der Waals surface area contributed by atoms with E-state index >= 15 is 0 Å². The number of hydrogen-bond donors (Lipinski definition) is 2. The molecule has 8 nitrogen and oxygen atoms in total. The second-order valence-electron chi connectivity index (χ2n) is 6.99. The van der Waals surface area contributed by atoms with Gasteiger partial charge in [0, 0.05) is 38.3 Å². The van der Waals surface area contributed by atoms with Gasteiger partial charge in [0.15, 0.2) is 5.82 Å². The maximum absolute atomic E-state index is 14.9. The summed E-state index contributed by atoms with van der Waals surface area (Å²) in [5.74, 6) is -1.35. The molecule has 2 fully saturated rings. The van der Waals surface area contributed by atoms with Gasteiger partial charge in [0.1, 0.15) is 18.9 Å². The second kappa shape index (κ2) is 9.01. The summed E-state index contributed by atoms with van der Waals surface area (Å²) in [7, 11) is 0. The van der Waals surface area contributed by atoms with Gasteiger partial charge in [0.05, 0.1) is 18.2 Å². The molecule has 3 N–H and O–H groups in total. The molecule has 1 unspecified atom stereocenters. The maximum Gasteiger partial charge on any atom is 0.313 e. The van der Waals surface area contributed by atoms with E-state index in [2.05, 4.69) is 0 Å². The van der Waals surface area contributed by atoms with Crippen molar-refractivity contribution in [3.8, 4) is 0 Å². The number of amidine groups is 1. The van der Waals surface area contributed by atoms with Crippen molar-refractivity contribution in [1.29, 1.82) is 5.41 Å². The minimum Gasteiger partial charge on any atom is -0.460 e. The highest BCUT2D eigenvalue weighted by atomic mass is 19.1. The van der Waals surface area contributed by atoms with Crippen molar-refractivity contribution in [2.45, 2.75) is 19.4 Å². The molecule has 0 spiro atoms. The van der Waals surface area contributed by atoms with Gasteiger partial charge in [-0.05, 0) is 12.5 Å². The number of piperazine rings is 1. The number of nitrogens with zero attached hydrogens (tertiary/aromatic N) is 2. The van der Waals surface area contributed by atoms with Crippen LogP contribution in [0.2, 0.25) is 0 Å². The Bertz CT molecular complexity index is 743. The molecule has 2 saturated heterocycles. The van der Waals surface area contributed by atoms with Crippen LogP contribution in [0.3, 0.4) is 0 Å². The summed E-state index contributed by atoms with van der Waals surface area (Å²) in [6.07, 6.45) is 0.446. The Morgan fingerprint density at radius 3 is 2.68 bits per heavy atom. The zero-order valence-electron chi connectivity index (χ0n) is 15.7. The van der Waals surface area contributed by atoms with Crippen LogP contribution in [0.25, 0.3) is 0 Å². The van der Waals surface area contributed by atoms with E-state index < -0.39 is 11.8 Å². The van der Waals surface area contributed by atoms with Gasteiger partial charge in [0.2, 0.25) is 5.91 Å². The van der Waals surface area contributed by atoms with E-state index in [1.165, 1.54) is 0 Å². The van der Waals surface area contributed by atoms with Crippen LogP contribution in [-0.4, -0.2) is 62.0 Å². The molecule has 9 heteroatoms. The van der Waals surface area contributed by atoms with Crippen LogP contribution in [0.4, 0.5) is 10.1 Å². The molecule has 1 aromatic rings. The van der Waals surface area contributed by atoms with Crippen LogP contribution in [0.1, 0.15) is 18.4 Å². The summed E-state index contributed by atoms with van der Waals surface area (Å²) in [6.45, 7) is 3.03. The van der Waals surface area contributed by atoms with Crippen molar-refractivity contribution in [1.82, 2.24) is 4.90 Å². The summed E-state index contributed by atoms with van der Waals surface area (Å²) in [5, 5.41) is 7.08. The van der Waals surface area contributed by atoms with Crippen LogP contribution in [-0.2, 0) is 25.7 Å². The fourth-order valence-corrected chi connectivity index (χ4v) is 3.44. The van der Waals surface area contributed by atoms with E-state index in [0.717, 1.165) is 6.42 Å². The average molecular weight is 392 g/mol. The van der Waals surface area contributed by atoms with Crippen molar-refractivity contribution in [2.75, 3.05) is 44.3 Å². The van der Waals surface area contributed by atoms with Gasteiger partial charge in [-0.2, -0.15) is 0 Å². The normalized spacial score (nSPS) is 19.5. The Balaban J connectivity index is 1.58. The second-order valence-corrected chi connectivity index (χ2v) is 6.99. The average Bonchev–Trinajstić information content (AvgIpc) is 3.21. The van der Waals surface area contributed by atoms with Crippen molar-refractivity contribution < 1.29 is 23.5 Å². The Morgan fingerprint density at radius 2 is 2.04 bits per heavy atom. The number of hydrogen-bond acceptors (Lipinski definition) is 6. The SMILES string of the molecule is N=C(N)CC(=O)OCc1cccc(N2CCN(C(=O)C3CCOC3)CC2)c1F. The summed E-state index contributed by atoms with van der Waals surface area (Å²) >= 11 is 0. The monoisotopic (exact) mass is 392 g/mol. The third-order valence-corrected chi connectivity index (χ3v) is 4.99. The van der Waals surface area contributed by atoms with Gasteiger partial charge in [-0.3, -0.25) is 15.0 Å². The van der Waals surface area contributed by atoms with E-state index in [-0.39, 0.29) is 36.3 Å². The molecule has 0 aliphatic carbocycles. The molecule has 2 heterocycles. The largest absolute Gasteiger partial charge is 0.460 e. The summed E-state index contributed by atoms with van der Waals surface area (Å²) in [5.41, 5.74) is 5.84. The van der Waals surface area contributed by atoms with Crippen LogP contribution in [0.5, 0.6) is 0 Å². The first kappa shape index (κ1) is 20.1. The highest BCUT2D eigenvalue weighted by molar-refractivity contribution is 5.94. The van der Waals surface area contributed by atoms with Crippen molar-refractivity contribution in [2.24, 2.45) is 11.7 Å². The lowest BCUT2D eigenvalue weighted by Crippen LogP contribution is -2.50. The van der Waals surface area contributed by atoms with Gasteiger partial charge >= 0.3 is 5.97 Å². The first-order chi connectivity index (χ1) is 13.5. The number of nitrogens with two attached hydrogens (primary N) is 1. The molecule has 1 aromatic carbocycles. The fourth-order valence-electron chi connectivity index (χ4n) is 3.44. The molecular weight excluding hydrogens is 367 g/mol. The van der Waals surface area contributed by atoms with Crippen molar-refractivity contribution >= 4 is 23.4 Å². The first-order valence-electron chi connectivity index (χ1n) is 9.33. The molecule has 2 aliphatic rings. The summed E-state index contributed by atoms with van der Waals surface area (Å²) in [4.78, 5) is 27.7.